The molecule has 1 unspecified atom stereocenters. The lowest BCUT2D eigenvalue weighted by atomic mass is 9.99. The van der Waals surface area contributed by atoms with Crippen molar-refractivity contribution in [2.24, 2.45) is 10.5 Å². The number of hydrogen-bond acceptors (Lipinski definition) is 7. The molecule has 0 aromatic carbocycles. The maximum atomic E-state index is 12.8. The van der Waals surface area contributed by atoms with Gasteiger partial charge in [0.1, 0.15) is 11.1 Å². The summed E-state index contributed by atoms with van der Waals surface area (Å²) < 4.78 is 5.03. The molecule has 0 radical (unpaired) electrons. The highest BCUT2D eigenvalue weighted by molar-refractivity contribution is 8.15. The summed E-state index contributed by atoms with van der Waals surface area (Å²) >= 11 is 1.06. The minimum Gasteiger partial charge on any atom is -0.479 e. The topological polar surface area (TPSA) is 108 Å². The Kier molecular flexibility index (Phi) is 8.08. The number of amides is 1. The van der Waals surface area contributed by atoms with E-state index >= 15 is 0 Å². The van der Waals surface area contributed by atoms with Crippen LogP contribution in [0, 0.1) is 5.41 Å². The lowest BCUT2D eigenvalue weighted by Gasteiger charge is -2.25. The Balaban J connectivity index is 2.94. The maximum Gasteiger partial charge on any atom is 0.339 e. The van der Waals surface area contributed by atoms with Crippen molar-refractivity contribution in [2.75, 3.05) is 6.61 Å². The molecular formula is C17H29N3O5S. The second kappa shape index (κ2) is 9.36. The molecule has 0 saturated carbocycles. The average Bonchev–Trinajstić information content (AvgIpc) is 2.99. The number of ether oxygens (including phenoxy) is 1. The van der Waals surface area contributed by atoms with Gasteiger partial charge in [0.05, 0.1) is 12.6 Å². The van der Waals surface area contributed by atoms with E-state index in [-0.39, 0.29) is 12.0 Å². The molecule has 0 aromatic rings. The maximum absolute atomic E-state index is 12.8. The number of carboxylic acid groups (broad SMARTS) is 1. The standard InChI is InChI=1S/C17H29N3O5S/c1-7-9-11(15(24)25-8-2)18-10(3)12(21)20-13(14(22)23)26-16(19-20)17(4,5)6/h10-11,13,18H,7-9H2,1-6H3,(H,22,23)/t10-,11-,13?/m0/s1. The molecule has 3 atom stereocenters. The van der Waals surface area contributed by atoms with Crippen molar-refractivity contribution < 1.29 is 24.2 Å². The Morgan fingerprint density at radius 3 is 2.42 bits per heavy atom. The monoisotopic (exact) mass is 387 g/mol. The van der Waals surface area contributed by atoms with Gasteiger partial charge in [-0.2, -0.15) is 5.10 Å². The van der Waals surface area contributed by atoms with Crippen LogP contribution < -0.4 is 5.32 Å². The number of carbonyl (C=O) groups is 3. The first-order valence-corrected chi connectivity index (χ1v) is 9.65. The molecule has 0 spiro atoms. The molecule has 0 aromatic heterocycles. The van der Waals surface area contributed by atoms with Crippen LogP contribution in [0.4, 0.5) is 0 Å². The smallest absolute Gasteiger partial charge is 0.339 e. The number of aliphatic carboxylic acids is 1. The van der Waals surface area contributed by atoms with Crippen LogP contribution in [-0.4, -0.2) is 57.1 Å². The average molecular weight is 388 g/mol. The van der Waals surface area contributed by atoms with Crippen LogP contribution in [0.25, 0.3) is 0 Å². The Morgan fingerprint density at radius 1 is 1.35 bits per heavy atom. The first-order chi connectivity index (χ1) is 12.0. The Morgan fingerprint density at radius 2 is 1.96 bits per heavy atom. The van der Waals surface area contributed by atoms with Gasteiger partial charge in [0.25, 0.3) is 5.91 Å². The second-order valence-electron chi connectivity index (χ2n) is 7.13. The number of hydrazone groups is 1. The summed E-state index contributed by atoms with van der Waals surface area (Å²) in [4.78, 5) is 36.4. The number of carboxylic acids is 1. The normalized spacial score (nSPS) is 19.7. The summed E-state index contributed by atoms with van der Waals surface area (Å²) in [5, 5.41) is 17.1. The number of rotatable bonds is 8. The SMILES string of the molecule is CCC[C@H](N[C@@H](C)C(=O)N1N=C(C(C)(C)C)SC1C(=O)O)C(=O)OCC. The summed E-state index contributed by atoms with van der Waals surface area (Å²) in [6.45, 7) is 11.2. The lowest BCUT2D eigenvalue weighted by Crippen LogP contribution is -2.51. The molecule has 148 valence electrons. The van der Waals surface area contributed by atoms with Gasteiger partial charge in [-0.25, -0.2) is 9.80 Å². The third-order valence-corrected chi connectivity index (χ3v) is 5.23. The highest BCUT2D eigenvalue weighted by Crippen LogP contribution is 2.35. The molecular weight excluding hydrogens is 358 g/mol. The minimum atomic E-state index is -1.13. The van der Waals surface area contributed by atoms with Gasteiger partial charge in [0.2, 0.25) is 5.37 Å². The van der Waals surface area contributed by atoms with E-state index in [0.717, 1.165) is 23.2 Å². The van der Waals surface area contributed by atoms with E-state index in [1.54, 1.807) is 13.8 Å². The number of carbonyl (C=O) groups excluding carboxylic acids is 2. The Bertz CT molecular complexity index is 573. The van der Waals surface area contributed by atoms with E-state index < -0.39 is 35.3 Å². The van der Waals surface area contributed by atoms with Gasteiger partial charge < -0.3 is 9.84 Å². The van der Waals surface area contributed by atoms with Crippen LogP contribution in [-0.2, 0) is 19.1 Å². The van der Waals surface area contributed by atoms with E-state index in [1.807, 2.05) is 27.7 Å². The van der Waals surface area contributed by atoms with Crippen LogP contribution in [0.1, 0.15) is 54.4 Å². The Hall–Kier alpha value is -1.61. The number of nitrogens with zero attached hydrogens (tertiary/aromatic N) is 2. The summed E-state index contributed by atoms with van der Waals surface area (Å²) in [5.74, 6) is -2.04. The van der Waals surface area contributed by atoms with Crippen molar-refractivity contribution in [1.82, 2.24) is 10.3 Å². The first kappa shape index (κ1) is 22.4. The molecule has 0 saturated heterocycles. The molecule has 0 bridgehead atoms. The van der Waals surface area contributed by atoms with Crippen molar-refractivity contribution in [3.63, 3.8) is 0 Å². The fraction of sp³-hybridized carbons (Fsp3) is 0.765. The zero-order valence-corrected chi connectivity index (χ0v) is 17.1. The second-order valence-corrected chi connectivity index (χ2v) is 8.20. The molecule has 1 aliphatic rings. The van der Waals surface area contributed by atoms with Crippen LogP contribution >= 0.6 is 11.8 Å². The van der Waals surface area contributed by atoms with Gasteiger partial charge in [-0.15, -0.1) is 0 Å². The molecule has 26 heavy (non-hydrogen) atoms. The van der Waals surface area contributed by atoms with E-state index in [0.29, 0.717) is 11.5 Å². The van der Waals surface area contributed by atoms with Crippen molar-refractivity contribution in [1.29, 1.82) is 0 Å². The van der Waals surface area contributed by atoms with E-state index in [2.05, 4.69) is 10.4 Å². The van der Waals surface area contributed by atoms with Crippen LogP contribution in [0.3, 0.4) is 0 Å². The molecule has 1 amide bonds. The van der Waals surface area contributed by atoms with Crippen molar-refractivity contribution in [3.8, 4) is 0 Å². The molecule has 0 fully saturated rings. The van der Waals surface area contributed by atoms with Gasteiger partial charge in [0, 0.05) is 5.41 Å². The first-order valence-electron chi connectivity index (χ1n) is 8.77. The number of esters is 1. The van der Waals surface area contributed by atoms with Crippen LogP contribution in [0.2, 0.25) is 0 Å². The molecule has 1 aliphatic heterocycles. The van der Waals surface area contributed by atoms with Crippen LogP contribution in [0.5, 0.6) is 0 Å². The molecule has 0 aliphatic carbocycles. The zero-order chi connectivity index (χ0) is 20.1. The van der Waals surface area contributed by atoms with Crippen molar-refractivity contribution in [3.05, 3.63) is 0 Å². The number of thioether (sulfide) groups is 1. The number of nitrogens with one attached hydrogen (secondary N) is 1. The van der Waals surface area contributed by atoms with Crippen molar-refractivity contribution in [2.45, 2.75) is 71.8 Å². The number of hydrogen-bond donors (Lipinski definition) is 2. The molecule has 2 N–H and O–H groups in total. The predicted molar refractivity (Wildman–Crippen MR) is 101 cm³/mol. The molecule has 8 nitrogen and oxygen atoms in total. The Labute approximate surface area is 158 Å². The molecule has 1 heterocycles. The fourth-order valence-corrected chi connectivity index (χ4v) is 3.40. The highest BCUT2D eigenvalue weighted by Gasteiger charge is 2.42. The van der Waals surface area contributed by atoms with E-state index in [1.165, 1.54) is 0 Å². The minimum absolute atomic E-state index is 0.256. The van der Waals surface area contributed by atoms with Gasteiger partial charge in [0.15, 0.2) is 0 Å². The fourth-order valence-electron chi connectivity index (χ4n) is 2.35. The highest BCUT2D eigenvalue weighted by atomic mass is 32.2. The predicted octanol–water partition coefficient (Wildman–Crippen LogP) is 2.04. The van der Waals surface area contributed by atoms with E-state index in [9.17, 15) is 19.5 Å². The van der Waals surface area contributed by atoms with Gasteiger partial charge >= 0.3 is 11.9 Å². The zero-order valence-electron chi connectivity index (χ0n) is 16.2. The third-order valence-electron chi connectivity index (χ3n) is 3.69. The van der Waals surface area contributed by atoms with Crippen LogP contribution in [0.15, 0.2) is 5.10 Å². The summed E-state index contributed by atoms with van der Waals surface area (Å²) in [6.07, 6.45) is 1.26. The summed E-state index contributed by atoms with van der Waals surface area (Å²) in [5.41, 5.74) is -0.361. The molecule has 9 heteroatoms. The van der Waals surface area contributed by atoms with Gasteiger partial charge in [-0.3, -0.25) is 14.9 Å². The quantitative estimate of drug-likeness (QED) is 0.614. The van der Waals surface area contributed by atoms with Gasteiger partial charge in [-0.1, -0.05) is 45.9 Å². The van der Waals surface area contributed by atoms with Gasteiger partial charge in [-0.05, 0) is 20.3 Å². The van der Waals surface area contributed by atoms with E-state index in [4.69, 9.17) is 4.74 Å². The largest absolute Gasteiger partial charge is 0.479 e. The molecule has 1 rings (SSSR count). The summed E-state index contributed by atoms with van der Waals surface area (Å²) in [6, 6.07) is -1.40. The lowest BCUT2D eigenvalue weighted by molar-refractivity contribution is -0.149. The van der Waals surface area contributed by atoms with Crippen molar-refractivity contribution >= 4 is 34.7 Å². The summed E-state index contributed by atoms with van der Waals surface area (Å²) in [7, 11) is 0. The third kappa shape index (κ3) is 5.70.